The number of nitrogens with one attached hydrogen (secondary N) is 2. The molecule has 4 nitrogen and oxygen atoms in total. The van der Waals surface area contributed by atoms with Crippen LogP contribution in [0.1, 0.15) is 5.56 Å². The zero-order valence-electron chi connectivity index (χ0n) is 12.2. The smallest absolute Gasteiger partial charge is 0.243 e. The zero-order chi connectivity index (χ0) is 16.1. The van der Waals surface area contributed by atoms with Gasteiger partial charge in [0.25, 0.3) is 0 Å². The Labute approximate surface area is 139 Å². The molecule has 0 aliphatic rings. The molecular formula is C16H16Cl2N2O2. The van der Waals surface area contributed by atoms with Crippen LogP contribution in [0.3, 0.4) is 0 Å². The number of methoxy groups -OCH3 is 1. The number of ether oxygens (including phenoxy) is 1. The second kappa shape index (κ2) is 7.38. The van der Waals surface area contributed by atoms with Gasteiger partial charge in [0.05, 0.1) is 19.3 Å². The van der Waals surface area contributed by atoms with Crippen LogP contribution in [0, 0.1) is 6.92 Å². The van der Waals surface area contributed by atoms with Crippen molar-refractivity contribution in [2.75, 3.05) is 24.3 Å². The van der Waals surface area contributed by atoms with E-state index < -0.39 is 0 Å². The van der Waals surface area contributed by atoms with E-state index in [0.29, 0.717) is 21.5 Å². The van der Waals surface area contributed by atoms with Gasteiger partial charge in [-0.3, -0.25) is 4.79 Å². The topological polar surface area (TPSA) is 50.4 Å². The Morgan fingerprint density at radius 1 is 1.09 bits per heavy atom. The highest BCUT2D eigenvalue weighted by molar-refractivity contribution is 6.31. The number of amides is 1. The van der Waals surface area contributed by atoms with Crippen molar-refractivity contribution in [3.63, 3.8) is 0 Å². The molecule has 0 bridgehead atoms. The number of hydrogen-bond donors (Lipinski definition) is 2. The summed E-state index contributed by atoms with van der Waals surface area (Å²) in [5.41, 5.74) is 2.37. The monoisotopic (exact) mass is 338 g/mol. The molecule has 0 spiro atoms. The van der Waals surface area contributed by atoms with Crippen LogP contribution in [0.4, 0.5) is 11.4 Å². The Morgan fingerprint density at radius 3 is 2.45 bits per heavy atom. The van der Waals surface area contributed by atoms with Crippen LogP contribution in [-0.4, -0.2) is 19.6 Å². The van der Waals surface area contributed by atoms with E-state index in [2.05, 4.69) is 10.6 Å². The number of carbonyl (C=O) groups is 1. The molecule has 6 heteroatoms. The number of hydrogen-bond acceptors (Lipinski definition) is 3. The molecule has 0 heterocycles. The molecular weight excluding hydrogens is 323 g/mol. The van der Waals surface area contributed by atoms with Crippen molar-refractivity contribution in [2.45, 2.75) is 6.92 Å². The van der Waals surface area contributed by atoms with Gasteiger partial charge in [-0.1, -0.05) is 23.2 Å². The van der Waals surface area contributed by atoms with Gasteiger partial charge in [-0.15, -0.1) is 0 Å². The highest BCUT2D eigenvalue weighted by Gasteiger charge is 2.09. The van der Waals surface area contributed by atoms with Gasteiger partial charge < -0.3 is 15.4 Å². The van der Waals surface area contributed by atoms with Crippen molar-refractivity contribution in [1.82, 2.24) is 0 Å². The normalized spacial score (nSPS) is 10.2. The van der Waals surface area contributed by atoms with Gasteiger partial charge in [0.2, 0.25) is 5.91 Å². The number of rotatable bonds is 5. The standard InChI is InChI=1S/C16H16Cl2N2O2/c1-10-7-11(17)3-5-13(10)19-9-16(21)20-14-8-12(18)4-6-15(14)22-2/h3-8,19H,9H2,1-2H3,(H,20,21). The summed E-state index contributed by atoms with van der Waals surface area (Å²) < 4.78 is 5.19. The molecule has 2 N–H and O–H groups in total. The minimum Gasteiger partial charge on any atom is -0.495 e. The molecule has 0 aliphatic carbocycles. The molecule has 2 rings (SSSR count). The molecule has 0 radical (unpaired) electrons. The molecule has 0 saturated carbocycles. The Bertz CT molecular complexity index is 690. The minimum absolute atomic E-state index is 0.123. The molecule has 1 amide bonds. The maximum atomic E-state index is 12.0. The van der Waals surface area contributed by atoms with Gasteiger partial charge in [0.15, 0.2) is 0 Å². The molecule has 0 fully saturated rings. The lowest BCUT2D eigenvalue weighted by atomic mass is 10.2. The number of anilines is 2. The second-order valence-corrected chi connectivity index (χ2v) is 5.58. The lowest BCUT2D eigenvalue weighted by Crippen LogP contribution is -2.22. The van der Waals surface area contributed by atoms with Gasteiger partial charge in [-0.2, -0.15) is 0 Å². The molecule has 2 aromatic rings. The molecule has 0 saturated heterocycles. The Hall–Kier alpha value is -1.91. The van der Waals surface area contributed by atoms with E-state index in [-0.39, 0.29) is 12.5 Å². The summed E-state index contributed by atoms with van der Waals surface area (Å²) in [4.78, 5) is 12.0. The Kier molecular flexibility index (Phi) is 5.52. The molecule has 0 aliphatic heterocycles. The van der Waals surface area contributed by atoms with Crippen LogP contribution in [0.25, 0.3) is 0 Å². The summed E-state index contributed by atoms with van der Waals surface area (Å²) in [5, 5.41) is 7.02. The highest BCUT2D eigenvalue weighted by Crippen LogP contribution is 2.27. The van der Waals surface area contributed by atoms with Gasteiger partial charge in [0, 0.05) is 15.7 Å². The average Bonchev–Trinajstić information content (AvgIpc) is 2.46. The summed E-state index contributed by atoms with van der Waals surface area (Å²) in [6.07, 6.45) is 0. The third kappa shape index (κ3) is 4.29. The molecule has 0 atom stereocenters. The maximum absolute atomic E-state index is 12.0. The first-order chi connectivity index (χ1) is 10.5. The lowest BCUT2D eigenvalue weighted by molar-refractivity contribution is -0.114. The number of benzene rings is 2. The predicted octanol–water partition coefficient (Wildman–Crippen LogP) is 4.36. The Morgan fingerprint density at radius 2 is 1.77 bits per heavy atom. The molecule has 0 unspecified atom stereocenters. The first-order valence-electron chi connectivity index (χ1n) is 6.63. The maximum Gasteiger partial charge on any atom is 0.243 e. The lowest BCUT2D eigenvalue weighted by Gasteiger charge is -2.12. The van der Waals surface area contributed by atoms with Crippen LogP contribution in [0.2, 0.25) is 10.0 Å². The third-order valence-corrected chi connectivity index (χ3v) is 3.53. The zero-order valence-corrected chi connectivity index (χ0v) is 13.8. The Balaban J connectivity index is 2.00. The number of aryl methyl sites for hydroxylation is 1. The van der Waals surface area contributed by atoms with Crippen molar-refractivity contribution >= 4 is 40.5 Å². The second-order valence-electron chi connectivity index (χ2n) is 4.71. The van der Waals surface area contributed by atoms with Gasteiger partial charge in [0.1, 0.15) is 5.75 Å². The van der Waals surface area contributed by atoms with E-state index in [1.165, 1.54) is 7.11 Å². The van der Waals surface area contributed by atoms with E-state index >= 15 is 0 Å². The van der Waals surface area contributed by atoms with Gasteiger partial charge in [-0.25, -0.2) is 0 Å². The quantitative estimate of drug-likeness (QED) is 0.851. The van der Waals surface area contributed by atoms with Crippen LogP contribution < -0.4 is 15.4 Å². The van der Waals surface area contributed by atoms with Gasteiger partial charge >= 0.3 is 0 Å². The molecule has 116 valence electrons. The first-order valence-corrected chi connectivity index (χ1v) is 7.38. The van der Waals surface area contributed by atoms with Gasteiger partial charge in [-0.05, 0) is 48.9 Å². The fraction of sp³-hybridized carbons (Fsp3) is 0.188. The summed E-state index contributed by atoms with van der Waals surface area (Å²) in [6, 6.07) is 10.5. The van der Waals surface area contributed by atoms with E-state index in [4.69, 9.17) is 27.9 Å². The van der Waals surface area contributed by atoms with Crippen molar-refractivity contribution < 1.29 is 9.53 Å². The van der Waals surface area contributed by atoms with Crippen molar-refractivity contribution in [3.8, 4) is 5.75 Å². The molecule has 0 aromatic heterocycles. The number of carbonyl (C=O) groups excluding carboxylic acids is 1. The summed E-state index contributed by atoms with van der Waals surface area (Å²) in [7, 11) is 1.54. The fourth-order valence-electron chi connectivity index (χ4n) is 1.97. The van der Waals surface area contributed by atoms with Crippen LogP contribution in [-0.2, 0) is 4.79 Å². The number of halogens is 2. The first kappa shape index (κ1) is 16.5. The summed E-state index contributed by atoms with van der Waals surface area (Å²) >= 11 is 11.8. The van der Waals surface area contributed by atoms with Crippen LogP contribution in [0.15, 0.2) is 36.4 Å². The van der Waals surface area contributed by atoms with Crippen LogP contribution in [0.5, 0.6) is 5.75 Å². The third-order valence-electron chi connectivity index (χ3n) is 3.06. The summed E-state index contributed by atoms with van der Waals surface area (Å²) in [6.45, 7) is 2.05. The van der Waals surface area contributed by atoms with E-state index in [1.54, 1.807) is 24.3 Å². The van der Waals surface area contributed by atoms with Crippen LogP contribution >= 0.6 is 23.2 Å². The van der Waals surface area contributed by atoms with Crippen molar-refractivity contribution in [1.29, 1.82) is 0 Å². The molecule has 2 aromatic carbocycles. The fourth-order valence-corrected chi connectivity index (χ4v) is 2.37. The SMILES string of the molecule is COc1ccc(Cl)cc1NC(=O)CNc1ccc(Cl)cc1C. The van der Waals surface area contributed by atoms with Crippen molar-refractivity contribution in [2.24, 2.45) is 0 Å². The predicted molar refractivity (Wildman–Crippen MR) is 91.3 cm³/mol. The van der Waals surface area contributed by atoms with Crippen molar-refractivity contribution in [3.05, 3.63) is 52.0 Å². The summed E-state index contributed by atoms with van der Waals surface area (Å²) in [5.74, 6) is 0.357. The average molecular weight is 339 g/mol. The minimum atomic E-state index is -0.199. The molecule has 22 heavy (non-hydrogen) atoms. The van der Waals surface area contributed by atoms with E-state index in [9.17, 15) is 4.79 Å². The highest BCUT2D eigenvalue weighted by atomic mass is 35.5. The van der Waals surface area contributed by atoms with E-state index in [1.807, 2.05) is 19.1 Å². The van der Waals surface area contributed by atoms with E-state index in [0.717, 1.165) is 11.3 Å². The largest absolute Gasteiger partial charge is 0.495 e.